The number of halogens is 3. The van der Waals surface area contributed by atoms with Gasteiger partial charge < -0.3 is 4.90 Å². The summed E-state index contributed by atoms with van der Waals surface area (Å²) in [7, 11) is 1.64. The highest BCUT2D eigenvalue weighted by atomic mass is 79.9. The van der Waals surface area contributed by atoms with Gasteiger partial charge in [-0.3, -0.25) is 4.79 Å². The molecule has 0 saturated carbocycles. The molecule has 0 N–H and O–H groups in total. The summed E-state index contributed by atoms with van der Waals surface area (Å²) < 4.78 is 15.0. The first-order valence-electron chi connectivity index (χ1n) is 5.42. The number of benzene rings is 1. The number of amides is 1. The topological polar surface area (TPSA) is 20.3 Å². The van der Waals surface area contributed by atoms with Crippen molar-refractivity contribution in [2.24, 2.45) is 0 Å². The van der Waals surface area contributed by atoms with Crippen LogP contribution in [0.5, 0.6) is 0 Å². The molecule has 19 heavy (non-hydrogen) atoms. The quantitative estimate of drug-likeness (QED) is 0.783. The number of hydrogen-bond acceptors (Lipinski definition) is 2. The highest BCUT2D eigenvalue weighted by molar-refractivity contribution is 9.10. The van der Waals surface area contributed by atoms with Gasteiger partial charge in [0, 0.05) is 23.6 Å². The van der Waals surface area contributed by atoms with Gasteiger partial charge >= 0.3 is 0 Å². The third-order valence-corrected chi connectivity index (χ3v) is 4.26. The molecule has 0 aliphatic rings. The molecule has 6 heteroatoms. The van der Waals surface area contributed by atoms with Gasteiger partial charge in [-0.25, -0.2) is 4.39 Å². The van der Waals surface area contributed by atoms with Crippen LogP contribution < -0.4 is 0 Å². The third-order valence-electron chi connectivity index (χ3n) is 2.55. The number of carbonyl (C=O) groups is 1. The standard InChI is InChI=1S/C13H10BrClFNOS/c1-17(13(18)11-4-5-12(15)19-11)7-8-6-9(14)2-3-10(8)16/h2-6H,7H2,1H3. The van der Waals surface area contributed by atoms with Gasteiger partial charge in [0.05, 0.1) is 9.21 Å². The first kappa shape index (κ1) is 14.5. The Labute approximate surface area is 127 Å². The predicted molar refractivity (Wildman–Crippen MR) is 79.2 cm³/mol. The molecule has 0 aliphatic heterocycles. The van der Waals surface area contributed by atoms with Crippen molar-refractivity contribution in [3.8, 4) is 0 Å². The van der Waals surface area contributed by atoms with E-state index in [1.165, 1.54) is 22.3 Å². The van der Waals surface area contributed by atoms with E-state index in [1.807, 2.05) is 0 Å². The van der Waals surface area contributed by atoms with Crippen LogP contribution in [0.4, 0.5) is 4.39 Å². The second-order valence-electron chi connectivity index (χ2n) is 4.00. The van der Waals surface area contributed by atoms with Crippen LogP contribution in [0.2, 0.25) is 4.34 Å². The minimum Gasteiger partial charge on any atom is -0.337 e. The molecule has 1 aromatic heterocycles. The normalized spacial score (nSPS) is 10.5. The van der Waals surface area contributed by atoms with Gasteiger partial charge in [-0.05, 0) is 30.3 Å². The first-order chi connectivity index (χ1) is 8.97. The van der Waals surface area contributed by atoms with Gasteiger partial charge in [-0.15, -0.1) is 11.3 Å². The van der Waals surface area contributed by atoms with E-state index in [2.05, 4.69) is 15.9 Å². The number of carbonyl (C=O) groups excluding carboxylic acids is 1. The van der Waals surface area contributed by atoms with Crippen molar-refractivity contribution in [2.75, 3.05) is 7.05 Å². The van der Waals surface area contributed by atoms with Crippen LogP contribution in [0.15, 0.2) is 34.8 Å². The van der Waals surface area contributed by atoms with E-state index >= 15 is 0 Å². The van der Waals surface area contributed by atoms with Gasteiger partial charge in [-0.1, -0.05) is 27.5 Å². The maximum absolute atomic E-state index is 13.6. The molecule has 2 aromatic rings. The molecule has 1 heterocycles. The lowest BCUT2D eigenvalue weighted by Gasteiger charge is -2.17. The molecule has 0 fully saturated rings. The van der Waals surface area contributed by atoms with Gasteiger partial charge in [0.25, 0.3) is 5.91 Å². The average Bonchev–Trinajstić information content (AvgIpc) is 2.79. The monoisotopic (exact) mass is 361 g/mol. The van der Waals surface area contributed by atoms with Crippen molar-refractivity contribution >= 4 is 44.8 Å². The predicted octanol–water partition coefficient (Wildman–Crippen LogP) is 4.58. The molecular formula is C13H10BrClFNOS. The lowest BCUT2D eigenvalue weighted by Crippen LogP contribution is -2.25. The molecule has 0 unspecified atom stereocenters. The summed E-state index contributed by atoms with van der Waals surface area (Å²) in [5.41, 5.74) is 0.466. The Hall–Kier alpha value is -0.910. The second-order valence-corrected chi connectivity index (χ2v) is 6.63. The fraction of sp³-hybridized carbons (Fsp3) is 0.154. The Morgan fingerprint density at radius 3 is 2.79 bits per heavy atom. The van der Waals surface area contributed by atoms with Gasteiger partial charge in [0.15, 0.2) is 0 Å². The van der Waals surface area contributed by atoms with E-state index in [-0.39, 0.29) is 18.3 Å². The van der Waals surface area contributed by atoms with Crippen LogP contribution in [-0.4, -0.2) is 17.9 Å². The van der Waals surface area contributed by atoms with Crippen molar-refractivity contribution in [3.63, 3.8) is 0 Å². The summed E-state index contributed by atoms with van der Waals surface area (Å²) in [5.74, 6) is -0.497. The van der Waals surface area contributed by atoms with E-state index in [1.54, 1.807) is 31.3 Å². The van der Waals surface area contributed by atoms with Crippen LogP contribution in [0.1, 0.15) is 15.2 Å². The molecule has 2 rings (SSSR count). The van der Waals surface area contributed by atoms with Gasteiger partial charge in [0.2, 0.25) is 0 Å². The Morgan fingerprint density at radius 2 is 2.16 bits per heavy atom. The van der Waals surface area contributed by atoms with Crippen molar-refractivity contribution in [1.29, 1.82) is 0 Å². The highest BCUT2D eigenvalue weighted by Gasteiger charge is 2.15. The van der Waals surface area contributed by atoms with Crippen LogP contribution in [0, 0.1) is 5.82 Å². The summed E-state index contributed by atoms with van der Waals surface area (Å²) in [4.78, 5) is 14.1. The highest BCUT2D eigenvalue weighted by Crippen LogP contribution is 2.23. The summed E-state index contributed by atoms with van der Waals surface area (Å²) in [6.45, 7) is 0.208. The molecule has 1 aromatic carbocycles. The zero-order chi connectivity index (χ0) is 14.0. The zero-order valence-electron chi connectivity index (χ0n) is 9.99. The van der Waals surface area contributed by atoms with Crippen LogP contribution in [0.3, 0.4) is 0 Å². The van der Waals surface area contributed by atoms with Crippen LogP contribution in [0.25, 0.3) is 0 Å². The molecule has 0 bridgehead atoms. The molecule has 0 spiro atoms. The minimum atomic E-state index is -0.327. The maximum atomic E-state index is 13.6. The van der Waals surface area contributed by atoms with E-state index < -0.39 is 0 Å². The lowest BCUT2D eigenvalue weighted by atomic mass is 10.2. The lowest BCUT2D eigenvalue weighted by molar-refractivity contribution is 0.0788. The summed E-state index contributed by atoms with van der Waals surface area (Å²) in [6.07, 6.45) is 0. The Morgan fingerprint density at radius 1 is 1.42 bits per heavy atom. The molecule has 0 aliphatic carbocycles. The van der Waals surface area contributed by atoms with Gasteiger partial charge in [0.1, 0.15) is 5.82 Å². The summed E-state index contributed by atoms with van der Waals surface area (Å²) >= 11 is 10.3. The Kier molecular flexibility index (Phi) is 4.60. The maximum Gasteiger partial charge on any atom is 0.264 e. The second kappa shape index (κ2) is 6.03. The zero-order valence-corrected chi connectivity index (χ0v) is 13.1. The number of thiophene rings is 1. The molecule has 0 radical (unpaired) electrons. The number of hydrogen-bond donors (Lipinski definition) is 0. The van der Waals surface area contributed by atoms with Crippen molar-refractivity contribution in [3.05, 3.63) is 55.4 Å². The van der Waals surface area contributed by atoms with E-state index in [4.69, 9.17) is 11.6 Å². The smallest absolute Gasteiger partial charge is 0.264 e. The molecule has 1 amide bonds. The fourth-order valence-electron chi connectivity index (χ4n) is 1.61. The molecule has 0 atom stereocenters. The average molecular weight is 363 g/mol. The third kappa shape index (κ3) is 3.55. The molecule has 100 valence electrons. The summed E-state index contributed by atoms with van der Waals surface area (Å²) in [6, 6.07) is 8.01. The van der Waals surface area contributed by atoms with Gasteiger partial charge in [-0.2, -0.15) is 0 Å². The van der Waals surface area contributed by atoms with Crippen molar-refractivity contribution in [1.82, 2.24) is 4.90 Å². The minimum absolute atomic E-state index is 0.170. The van der Waals surface area contributed by atoms with E-state index in [9.17, 15) is 9.18 Å². The SMILES string of the molecule is CN(Cc1cc(Br)ccc1F)C(=O)c1ccc(Cl)s1. The first-order valence-corrected chi connectivity index (χ1v) is 7.41. The largest absolute Gasteiger partial charge is 0.337 e. The van der Waals surface area contributed by atoms with E-state index in [0.717, 1.165) is 4.47 Å². The fourth-order valence-corrected chi connectivity index (χ4v) is 3.06. The van der Waals surface area contributed by atoms with E-state index in [0.29, 0.717) is 14.8 Å². The van der Waals surface area contributed by atoms with Crippen molar-refractivity contribution < 1.29 is 9.18 Å². The Bertz CT molecular complexity index is 616. The van der Waals surface area contributed by atoms with Crippen molar-refractivity contribution in [2.45, 2.75) is 6.54 Å². The molecule has 2 nitrogen and oxygen atoms in total. The molecular weight excluding hydrogens is 353 g/mol. The molecule has 0 saturated heterocycles. The number of rotatable bonds is 3. The summed E-state index contributed by atoms with van der Waals surface area (Å²) in [5, 5.41) is 0. The van der Waals surface area contributed by atoms with Crippen LogP contribution in [-0.2, 0) is 6.54 Å². The Balaban J connectivity index is 2.14. The van der Waals surface area contributed by atoms with Crippen LogP contribution >= 0.6 is 38.9 Å². The number of nitrogens with zero attached hydrogens (tertiary/aromatic N) is 1.